The molecule has 0 saturated heterocycles. The highest BCUT2D eigenvalue weighted by molar-refractivity contribution is 6.03. The average Bonchev–Trinajstić information content (AvgIpc) is 2.90. The van der Waals surface area contributed by atoms with E-state index in [-0.39, 0.29) is 11.3 Å². The van der Waals surface area contributed by atoms with Crippen molar-refractivity contribution in [3.8, 4) is 0 Å². The molecule has 196 valence electrons. The third kappa shape index (κ3) is 6.49. The zero-order chi connectivity index (χ0) is 27.1. The minimum Gasteiger partial charge on any atom is -0.398 e. The number of benzene rings is 3. The number of nitrogens with two attached hydrogens (primary N) is 1. The van der Waals surface area contributed by atoms with Gasteiger partial charge in [0.05, 0.1) is 5.56 Å². The fraction of sp³-hybridized carbons (Fsp3) is 0.265. The van der Waals surface area contributed by atoms with E-state index in [1.54, 1.807) is 12.1 Å². The summed E-state index contributed by atoms with van der Waals surface area (Å²) in [6.45, 7) is 9.45. The van der Waals surface area contributed by atoms with E-state index in [9.17, 15) is 4.39 Å². The van der Waals surface area contributed by atoms with E-state index in [4.69, 9.17) is 11.1 Å². The fourth-order valence-corrected chi connectivity index (χ4v) is 4.74. The molecule has 1 saturated carbocycles. The first-order valence-electron chi connectivity index (χ1n) is 13.5. The predicted octanol–water partition coefficient (Wildman–Crippen LogP) is 8.49. The number of halogens is 1. The smallest absolute Gasteiger partial charge is 0.214 e. The molecule has 3 aromatic rings. The highest BCUT2D eigenvalue weighted by Gasteiger charge is 2.27. The van der Waals surface area contributed by atoms with Gasteiger partial charge in [-0.05, 0) is 76.3 Å². The summed E-state index contributed by atoms with van der Waals surface area (Å²) < 4.78 is 14.1. The van der Waals surface area contributed by atoms with Gasteiger partial charge in [0.1, 0.15) is 0 Å². The standard InChI is InChI=1S/C34H38FN3/c1-4-23(2)22-38-24(3)13-14-25-15-17-28(18-16-25)33(29-19-20-31(36)30(21-29)34(35)37)32(27-11-8-12-27)26-9-6-5-7-10-26/h5-7,9-10,13-21,23,27,37-38H,3-4,8,11-12,22,36H2,1-2H3/b14-13+,33-32-,37-34?. The van der Waals surface area contributed by atoms with Gasteiger partial charge in [-0.15, -0.1) is 0 Å². The van der Waals surface area contributed by atoms with Gasteiger partial charge in [-0.3, -0.25) is 5.41 Å². The van der Waals surface area contributed by atoms with E-state index in [2.05, 4.69) is 80.4 Å². The van der Waals surface area contributed by atoms with Crippen LogP contribution in [0.2, 0.25) is 0 Å². The molecule has 1 aliphatic rings. The number of hydrogen-bond donors (Lipinski definition) is 3. The van der Waals surface area contributed by atoms with Crippen molar-refractivity contribution < 1.29 is 4.39 Å². The average molecular weight is 508 g/mol. The minimum absolute atomic E-state index is 0.129. The Morgan fingerprint density at radius 1 is 1.05 bits per heavy atom. The molecule has 4 rings (SSSR count). The lowest BCUT2D eigenvalue weighted by atomic mass is 9.73. The zero-order valence-corrected chi connectivity index (χ0v) is 22.4. The van der Waals surface area contributed by atoms with Crippen LogP contribution in [0.3, 0.4) is 0 Å². The Morgan fingerprint density at radius 3 is 2.34 bits per heavy atom. The summed E-state index contributed by atoms with van der Waals surface area (Å²) in [7, 11) is 0. The lowest BCUT2D eigenvalue weighted by molar-refractivity contribution is 0.401. The Kier molecular flexibility index (Phi) is 8.96. The molecule has 4 heteroatoms. The molecule has 1 unspecified atom stereocenters. The second-order valence-corrected chi connectivity index (χ2v) is 10.3. The van der Waals surface area contributed by atoms with Crippen LogP contribution in [-0.2, 0) is 0 Å². The van der Waals surface area contributed by atoms with Crippen molar-refractivity contribution in [1.82, 2.24) is 5.32 Å². The molecule has 0 aromatic heterocycles. The van der Waals surface area contributed by atoms with Gasteiger partial charge in [0.15, 0.2) is 0 Å². The molecule has 4 N–H and O–H groups in total. The maximum Gasteiger partial charge on any atom is 0.214 e. The Morgan fingerprint density at radius 2 is 1.74 bits per heavy atom. The second kappa shape index (κ2) is 12.6. The lowest BCUT2D eigenvalue weighted by Gasteiger charge is -2.31. The van der Waals surface area contributed by atoms with Crippen LogP contribution in [-0.4, -0.2) is 12.5 Å². The van der Waals surface area contributed by atoms with Crippen molar-refractivity contribution >= 4 is 28.9 Å². The summed E-state index contributed by atoms with van der Waals surface area (Å²) >= 11 is 0. The second-order valence-electron chi connectivity index (χ2n) is 10.3. The van der Waals surface area contributed by atoms with Gasteiger partial charge in [-0.25, -0.2) is 0 Å². The highest BCUT2D eigenvalue weighted by Crippen LogP contribution is 2.45. The number of nitrogen functional groups attached to an aromatic ring is 1. The first-order chi connectivity index (χ1) is 18.4. The number of rotatable bonds is 11. The molecule has 1 atom stereocenters. The Balaban J connectivity index is 1.76. The maximum atomic E-state index is 14.1. The molecule has 1 fully saturated rings. The predicted molar refractivity (Wildman–Crippen MR) is 161 cm³/mol. The molecule has 3 nitrogen and oxygen atoms in total. The minimum atomic E-state index is -1.02. The molecule has 0 radical (unpaired) electrons. The summed E-state index contributed by atoms with van der Waals surface area (Å²) in [6, 6.07) is 24.3. The Labute approximate surface area is 226 Å². The van der Waals surface area contributed by atoms with Gasteiger partial charge >= 0.3 is 0 Å². The normalized spacial score (nSPS) is 15.0. The Hall–Kier alpha value is -3.92. The summed E-state index contributed by atoms with van der Waals surface area (Å²) in [5, 5.41) is 11.0. The molecule has 3 aromatic carbocycles. The third-order valence-electron chi connectivity index (χ3n) is 7.50. The summed E-state index contributed by atoms with van der Waals surface area (Å²) in [6.07, 6.45) is 8.66. The first-order valence-corrected chi connectivity index (χ1v) is 13.5. The van der Waals surface area contributed by atoms with Crippen molar-refractivity contribution in [3.63, 3.8) is 0 Å². The maximum absolute atomic E-state index is 14.1. The molecular weight excluding hydrogens is 469 g/mol. The van der Waals surface area contributed by atoms with Gasteiger partial charge in [-0.2, -0.15) is 4.39 Å². The number of anilines is 1. The van der Waals surface area contributed by atoms with Gasteiger partial charge in [0.25, 0.3) is 0 Å². The fourth-order valence-electron chi connectivity index (χ4n) is 4.74. The third-order valence-corrected chi connectivity index (χ3v) is 7.50. The Bertz CT molecular complexity index is 1330. The summed E-state index contributed by atoms with van der Waals surface area (Å²) in [5.74, 6) is 0.0167. The topological polar surface area (TPSA) is 61.9 Å². The molecule has 38 heavy (non-hydrogen) atoms. The number of allylic oxidation sites excluding steroid dienone is 2. The van der Waals surface area contributed by atoms with E-state index < -0.39 is 5.97 Å². The van der Waals surface area contributed by atoms with E-state index in [1.807, 2.05) is 18.2 Å². The van der Waals surface area contributed by atoms with Crippen molar-refractivity contribution in [2.75, 3.05) is 12.3 Å². The summed E-state index contributed by atoms with van der Waals surface area (Å²) in [5.41, 5.74) is 13.8. The SMILES string of the molecule is C=C(/C=C/c1ccc(/C(=C(\c2ccccc2)C2CCC2)c2ccc(N)c(C(=N)F)c2)cc1)NCC(C)CC. The van der Waals surface area contributed by atoms with Crippen LogP contribution in [0.4, 0.5) is 10.1 Å². The molecule has 1 aliphatic carbocycles. The van der Waals surface area contributed by atoms with Crippen molar-refractivity contribution in [2.24, 2.45) is 11.8 Å². The lowest BCUT2D eigenvalue weighted by Crippen LogP contribution is -2.18. The molecule has 0 bridgehead atoms. The van der Waals surface area contributed by atoms with Gasteiger partial charge in [-0.1, -0.05) is 100 Å². The number of hydrogen-bond acceptors (Lipinski definition) is 3. The van der Waals surface area contributed by atoms with E-state index in [0.717, 1.165) is 53.8 Å². The van der Waals surface area contributed by atoms with Crippen LogP contribution in [0.15, 0.2) is 91.1 Å². The molecule has 0 aliphatic heterocycles. The van der Waals surface area contributed by atoms with Crippen LogP contribution >= 0.6 is 0 Å². The van der Waals surface area contributed by atoms with Crippen molar-refractivity contribution in [2.45, 2.75) is 39.5 Å². The van der Waals surface area contributed by atoms with E-state index >= 15 is 0 Å². The van der Waals surface area contributed by atoms with Gasteiger partial charge in [0.2, 0.25) is 5.97 Å². The first kappa shape index (κ1) is 27.1. The van der Waals surface area contributed by atoms with Crippen LogP contribution in [0.1, 0.15) is 67.3 Å². The van der Waals surface area contributed by atoms with Crippen molar-refractivity contribution in [3.05, 3.63) is 119 Å². The molecule has 0 heterocycles. The molecular formula is C34H38FN3. The van der Waals surface area contributed by atoms with Crippen molar-refractivity contribution in [1.29, 1.82) is 5.41 Å². The van der Waals surface area contributed by atoms with Gasteiger partial charge < -0.3 is 11.1 Å². The zero-order valence-electron chi connectivity index (χ0n) is 22.4. The largest absolute Gasteiger partial charge is 0.398 e. The van der Waals surface area contributed by atoms with E-state index in [0.29, 0.717) is 11.8 Å². The van der Waals surface area contributed by atoms with Crippen LogP contribution in [0, 0.1) is 17.2 Å². The van der Waals surface area contributed by atoms with E-state index in [1.165, 1.54) is 17.6 Å². The van der Waals surface area contributed by atoms with Gasteiger partial charge in [0, 0.05) is 17.9 Å². The van der Waals surface area contributed by atoms with Crippen LogP contribution in [0.25, 0.3) is 17.2 Å². The number of nitrogens with one attached hydrogen (secondary N) is 2. The quantitative estimate of drug-likeness (QED) is 0.105. The highest BCUT2D eigenvalue weighted by atomic mass is 19.1. The molecule has 0 amide bonds. The van der Waals surface area contributed by atoms with Crippen LogP contribution < -0.4 is 11.1 Å². The van der Waals surface area contributed by atoms with Crippen LogP contribution in [0.5, 0.6) is 0 Å². The monoisotopic (exact) mass is 507 g/mol. The summed E-state index contributed by atoms with van der Waals surface area (Å²) in [4.78, 5) is 0. The molecule has 0 spiro atoms.